The third-order valence-electron chi connectivity index (χ3n) is 4.79. The first-order valence-electron chi connectivity index (χ1n) is 9.35. The highest BCUT2D eigenvalue weighted by molar-refractivity contribution is 6.12. The summed E-state index contributed by atoms with van der Waals surface area (Å²) in [7, 11) is 1.60. The molecule has 0 bridgehead atoms. The third kappa shape index (κ3) is 3.57. The molecule has 1 amide bonds. The van der Waals surface area contributed by atoms with Gasteiger partial charge in [0.2, 0.25) is 0 Å². The monoisotopic (exact) mass is 386 g/mol. The number of aromatic nitrogens is 3. The summed E-state index contributed by atoms with van der Waals surface area (Å²) in [6, 6.07) is 17.1. The van der Waals surface area contributed by atoms with Gasteiger partial charge in [-0.05, 0) is 51.1 Å². The van der Waals surface area contributed by atoms with Gasteiger partial charge in [-0.2, -0.15) is 5.10 Å². The van der Waals surface area contributed by atoms with Crippen molar-refractivity contribution in [3.63, 3.8) is 0 Å². The van der Waals surface area contributed by atoms with Gasteiger partial charge in [-0.25, -0.2) is 9.67 Å². The lowest BCUT2D eigenvalue weighted by atomic mass is 10.1. The van der Waals surface area contributed by atoms with Gasteiger partial charge in [-0.15, -0.1) is 0 Å². The Morgan fingerprint density at radius 3 is 2.52 bits per heavy atom. The summed E-state index contributed by atoms with van der Waals surface area (Å²) in [4.78, 5) is 17.8. The molecule has 0 saturated heterocycles. The molecule has 29 heavy (non-hydrogen) atoms. The van der Waals surface area contributed by atoms with Crippen LogP contribution in [0.4, 0.5) is 5.69 Å². The Morgan fingerprint density at radius 1 is 1.03 bits per heavy atom. The Kier molecular flexibility index (Phi) is 4.76. The summed E-state index contributed by atoms with van der Waals surface area (Å²) < 4.78 is 7.03. The normalized spacial score (nSPS) is 10.9. The van der Waals surface area contributed by atoms with Crippen molar-refractivity contribution in [3.05, 3.63) is 77.1 Å². The van der Waals surface area contributed by atoms with Crippen LogP contribution in [-0.2, 0) is 0 Å². The van der Waals surface area contributed by atoms with Crippen LogP contribution in [0.3, 0.4) is 0 Å². The minimum absolute atomic E-state index is 0.208. The van der Waals surface area contributed by atoms with E-state index in [-0.39, 0.29) is 5.91 Å². The molecule has 0 saturated carbocycles. The van der Waals surface area contributed by atoms with E-state index in [4.69, 9.17) is 4.74 Å². The molecule has 4 rings (SSSR count). The number of amides is 1. The maximum Gasteiger partial charge on any atom is 0.256 e. The second-order valence-electron chi connectivity index (χ2n) is 7.03. The van der Waals surface area contributed by atoms with Gasteiger partial charge in [-0.1, -0.05) is 23.8 Å². The Bertz CT molecular complexity index is 1210. The maximum atomic E-state index is 13.1. The zero-order valence-corrected chi connectivity index (χ0v) is 16.9. The van der Waals surface area contributed by atoms with Crippen LogP contribution < -0.4 is 10.1 Å². The number of nitrogens with zero attached hydrogens (tertiary/aromatic N) is 3. The van der Waals surface area contributed by atoms with Crippen LogP contribution in [0.15, 0.2) is 54.6 Å². The standard InChI is InChI=1S/C23H22N4O2/c1-14-8-10-18(11-9-14)27-22-21(16(3)26-27)20(12-15(2)24-22)23(28)25-17-6-5-7-19(13-17)29-4/h5-13H,1-4H3,(H,25,28). The van der Waals surface area contributed by atoms with Crippen LogP contribution >= 0.6 is 0 Å². The third-order valence-corrected chi connectivity index (χ3v) is 4.79. The average Bonchev–Trinajstić information content (AvgIpc) is 3.04. The van der Waals surface area contributed by atoms with E-state index in [0.29, 0.717) is 22.6 Å². The van der Waals surface area contributed by atoms with E-state index in [1.165, 1.54) is 5.56 Å². The molecule has 2 aromatic heterocycles. The number of anilines is 1. The van der Waals surface area contributed by atoms with Crippen molar-refractivity contribution >= 4 is 22.6 Å². The number of rotatable bonds is 4. The van der Waals surface area contributed by atoms with Gasteiger partial charge in [0, 0.05) is 17.4 Å². The lowest BCUT2D eigenvalue weighted by Gasteiger charge is -2.09. The molecule has 0 fully saturated rings. The van der Waals surface area contributed by atoms with Gasteiger partial charge >= 0.3 is 0 Å². The van der Waals surface area contributed by atoms with Crippen LogP contribution in [0, 0.1) is 20.8 Å². The Labute approximate surface area is 169 Å². The molecule has 0 atom stereocenters. The van der Waals surface area contributed by atoms with Crippen LogP contribution in [0.1, 0.15) is 27.3 Å². The highest BCUT2D eigenvalue weighted by Gasteiger charge is 2.19. The van der Waals surface area contributed by atoms with Gasteiger partial charge in [-0.3, -0.25) is 4.79 Å². The number of aryl methyl sites for hydroxylation is 3. The van der Waals surface area contributed by atoms with E-state index in [2.05, 4.69) is 15.4 Å². The van der Waals surface area contributed by atoms with Crippen molar-refractivity contribution in [1.29, 1.82) is 0 Å². The molecule has 146 valence electrons. The molecule has 0 radical (unpaired) electrons. The number of hydrogen-bond acceptors (Lipinski definition) is 4. The molecule has 1 N–H and O–H groups in total. The van der Waals surface area contributed by atoms with Gasteiger partial charge in [0.25, 0.3) is 5.91 Å². The maximum absolute atomic E-state index is 13.1. The van der Waals surface area contributed by atoms with Crippen molar-refractivity contribution in [2.24, 2.45) is 0 Å². The number of ether oxygens (including phenoxy) is 1. The zero-order valence-electron chi connectivity index (χ0n) is 16.9. The smallest absolute Gasteiger partial charge is 0.256 e. The van der Waals surface area contributed by atoms with Crippen molar-refractivity contribution in [2.45, 2.75) is 20.8 Å². The number of fused-ring (bicyclic) bond motifs is 1. The summed E-state index contributed by atoms with van der Waals surface area (Å²) in [6.45, 7) is 5.82. The number of carbonyl (C=O) groups is 1. The van der Waals surface area contributed by atoms with Crippen LogP contribution in [0.25, 0.3) is 16.7 Å². The lowest BCUT2D eigenvalue weighted by molar-refractivity contribution is 0.102. The van der Waals surface area contributed by atoms with Crippen LogP contribution in [0.5, 0.6) is 5.75 Å². The highest BCUT2D eigenvalue weighted by atomic mass is 16.5. The second-order valence-corrected chi connectivity index (χ2v) is 7.03. The predicted molar refractivity (Wildman–Crippen MR) is 114 cm³/mol. The minimum Gasteiger partial charge on any atom is -0.497 e. The summed E-state index contributed by atoms with van der Waals surface area (Å²) >= 11 is 0. The number of nitrogens with one attached hydrogen (secondary N) is 1. The highest BCUT2D eigenvalue weighted by Crippen LogP contribution is 2.26. The molecular formula is C23H22N4O2. The molecule has 2 aromatic carbocycles. The first-order chi connectivity index (χ1) is 14.0. The number of methoxy groups -OCH3 is 1. The fourth-order valence-electron chi connectivity index (χ4n) is 3.36. The summed E-state index contributed by atoms with van der Waals surface area (Å²) in [5, 5.41) is 8.36. The number of carbonyl (C=O) groups excluding carboxylic acids is 1. The van der Waals surface area contributed by atoms with Crippen molar-refractivity contribution in [3.8, 4) is 11.4 Å². The number of hydrogen-bond donors (Lipinski definition) is 1. The quantitative estimate of drug-likeness (QED) is 0.556. The minimum atomic E-state index is -0.208. The van der Waals surface area contributed by atoms with E-state index in [1.54, 1.807) is 23.9 Å². The molecule has 6 heteroatoms. The molecular weight excluding hydrogens is 364 g/mol. The molecule has 0 aliphatic rings. The van der Waals surface area contributed by atoms with Crippen molar-refractivity contribution in [1.82, 2.24) is 14.8 Å². The fourth-order valence-corrected chi connectivity index (χ4v) is 3.36. The van der Waals surface area contributed by atoms with Gasteiger partial charge in [0.05, 0.1) is 29.4 Å². The van der Waals surface area contributed by atoms with E-state index in [0.717, 1.165) is 22.5 Å². The Morgan fingerprint density at radius 2 is 1.79 bits per heavy atom. The molecule has 0 aliphatic heterocycles. The number of benzene rings is 2. The van der Waals surface area contributed by atoms with Gasteiger partial charge in [0.15, 0.2) is 5.65 Å². The zero-order chi connectivity index (χ0) is 20.5. The summed E-state index contributed by atoms with van der Waals surface area (Å²) in [5.74, 6) is 0.475. The van der Waals surface area contributed by atoms with Crippen LogP contribution in [0.2, 0.25) is 0 Å². The molecule has 0 spiro atoms. The molecule has 6 nitrogen and oxygen atoms in total. The van der Waals surface area contributed by atoms with Crippen molar-refractivity contribution < 1.29 is 9.53 Å². The predicted octanol–water partition coefficient (Wildman–Crippen LogP) is 4.61. The largest absolute Gasteiger partial charge is 0.497 e. The van der Waals surface area contributed by atoms with E-state index >= 15 is 0 Å². The van der Waals surface area contributed by atoms with Gasteiger partial charge < -0.3 is 10.1 Å². The van der Waals surface area contributed by atoms with E-state index < -0.39 is 0 Å². The average molecular weight is 386 g/mol. The van der Waals surface area contributed by atoms with Gasteiger partial charge in [0.1, 0.15) is 5.75 Å². The molecule has 0 unspecified atom stereocenters. The Hall–Kier alpha value is -3.67. The fraction of sp³-hybridized carbons (Fsp3) is 0.174. The van der Waals surface area contributed by atoms with Crippen LogP contribution in [-0.4, -0.2) is 27.8 Å². The lowest BCUT2D eigenvalue weighted by Crippen LogP contribution is -2.13. The van der Waals surface area contributed by atoms with E-state index in [1.807, 2.05) is 63.2 Å². The SMILES string of the molecule is COc1cccc(NC(=O)c2cc(C)nc3c2c(C)nn3-c2ccc(C)cc2)c1. The molecule has 0 aliphatic carbocycles. The molecule has 4 aromatic rings. The topological polar surface area (TPSA) is 69.0 Å². The molecule has 2 heterocycles. The Balaban J connectivity index is 1.80. The first-order valence-corrected chi connectivity index (χ1v) is 9.35. The second kappa shape index (κ2) is 7.39. The number of pyridine rings is 1. The van der Waals surface area contributed by atoms with Crippen molar-refractivity contribution in [2.75, 3.05) is 12.4 Å². The summed E-state index contributed by atoms with van der Waals surface area (Å²) in [6.07, 6.45) is 0. The first kappa shape index (κ1) is 18.7. The van der Waals surface area contributed by atoms with E-state index in [9.17, 15) is 4.79 Å². The summed E-state index contributed by atoms with van der Waals surface area (Å²) in [5.41, 5.74) is 5.47.